The maximum Gasteiger partial charge on any atom is 0.264 e. The standard InChI is InChI=1S/C12H12N4O2/c1-7-6-8(13)2-3-9(7)12(18)14-10-4-5-11(17)16-15-10/h2-6H,13H2,1H3,(H,16,17)(H,14,15,18). The molecule has 1 aromatic heterocycles. The number of nitrogen functional groups attached to an aromatic ring is 1. The van der Waals surface area contributed by atoms with Crippen molar-refractivity contribution in [1.82, 2.24) is 10.2 Å². The van der Waals surface area contributed by atoms with E-state index in [2.05, 4.69) is 15.5 Å². The molecule has 0 bridgehead atoms. The van der Waals surface area contributed by atoms with Gasteiger partial charge >= 0.3 is 0 Å². The van der Waals surface area contributed by atoms with Crippen LogP contribution >= 0.6 is 0 Å². The molecule has 0 saturated heterocycles. The van der Waals surface area contributed by atoms with E-state index in [1.165, 1.54) is 12.1 Å². The van der Waals surface area contributed by atoms with Crippen LogP contribution in [0.3, 0.4) is 0 Å². The fourth-order valence-electron chi connectivity index (χ4n) is 1.54. The Hall–Kier alpha value is -2.63. The number of aryl methyl sites for hydroxylation is 1. The maximum atomic E-state index is 11.9. The van der Waals surface area contributed by atoms with Gasteiger partial charge in [0.25, 0.3) is 11.5 Å². The molecule has 1 aromatic carbocycles. The van der Waals surface area contributed by atoms with Gasteiger partial charge in [0.2, 0.25) is 0 Å². The van der Waals surface area contributed by atoms with Crippen LogP contribution in [-0.4, -0.2) is 16.1 Å². The number of benzene rings is 1. The second kappa shape index (κ2) is 4.70. The Morgan fingerprint density at radius 3 is 2.72 bits per heavy atom. The number of amides is 1. The van der Waals surface area contributed by atoms with Crippen molar-refractivity contribution < 1.29 is 4.79 Å². The lowest BCUT2D eigenvalue weighted by Gasteiger charge is -2.07. The first kappa shape index (κ1) is 11.8. The molecule has 0 spiro atoms. The van der Waals surface area contributed by atoms with E-state index in [1.807, 2.05) is 0 Å². The second-order valence-electron chi connectivity index (χ2n) is 3.83. The molecule has 0 atom stereocenters. The Bertz CT molecular complexity index is 628. The summed E-state index contributed by atoms with van der Waals surface area (Å²) in [5.74, 6) is -0.0112. The number of nitrogens with one attached hydrogen (secondary N) is 2. The Balaban J connectivity index is 2.22. The highest BCUT2D eigenvalue weighted by Crippen LogP contribution is 2.13. The second-order valence-corrected chi connectivity index (χ2v) is 3.83. The topological polar surface area (TPSA) is 101 Å². The Labute approximate surface area is 103 Å². The number of hydrogen-bond acceptors (Lipinski definition) is 4. The van der Waals surface area contributed by atoms with Gasteiger partial charge in [0.05, 0.1) is 0 Å². The molecule has 0 radical (unpaired) electrons. The minimum atomic E-state index is -0.323. The number of aromatic amines is 1. The zero-order chi connectivity index (χ0) is 13.1. The van der Waals surface area contributed by atoms with Gasteiger partial charge in [0.15, 0.2) is 5.82 Å². The molecular weight excluding hydrogens is 232 g/mol. The van der Waals surface area contributed by atoms with Gasteiger partial charge in [0, 0.05) is 17.3 Å². The van der Waals surface area contributed by atoms with E-state index < -0.39 is 0 Å². The molecule has 6 nitrogen and oxygen atoms in total. The summed E-state index contributed by atoms with van der Waals surface area (Å²) in [6.45, 7) is 1.80. The average molecular weight is 244 g/mol. The Kier molecular flexibility index (Phi) is 3.09. The largest absolute Gasteiger partial charge is 0.399 e. The Morgan fingerprint density at radius 2 is 2.11 bits per heavy atom. The molecule has 0 fully saturated rings. The van der Waals surface area contributed by atoms with Crippen LogP contribution in [0.1, 0.15) is 15.9 Å². The van der Waals surface area contributed by atoms with Gasteiger partial charge in [-0.3, -0.25) is 9.59 Å². The molecule has 0 saturated carbocycles. The van der Waals surface area contributed by atoms with E-state index in [0.29, 0.717) is 11.3 Å². The van der Waals surface area contributed by atoms with Crippen LogP contribution < -0.4 is 16.6 Å². The zero-order valence-electron chi connectivity index (χ0n) is 9.73. The average Bonchev–Trinajstić information content (AvgIpc) is 2.32. The van der Waals surface area contributed by atoms with E-state index in [9.17, 15) is 9.59 Å². The molecular formula is C12H12N4O2. The van der Waals surface area contributed by atoms with Gasteiger partial charge in [0.1, 0.15) is 0 Å². The third-order valence-corrected chi connectivity index (χ3v) is 2.42. The SMILES string of the molecule is Cc1cc(N)ccc1C(=O)Nc1ccc(=O)[nH]n1. The van der Waals surface area contributed by atoms with Crippen LogP contribution in [0.25, 0.3) is 0 Å². The summed E-state index contributed by atoms with van der Waals surface area (Å²) >= 11 is 0. The van der Waals surface area contributed by atoms with Crippen LogP contribution in [0.5, 0.6) is 0 Å². The molecule has 1 heterocycles. The molecule has 6 heteroatoms. The van der Waals surface area contributed by atoms with Gasteiger partial charge in [-0.1, -0.05) is 0 Å². The minimum absolute atomic E-state index is 0.288. The van der Waals surface area contributed by atoms with Crippen molar-refractivity contribution in [3.8, 4) is 0 Å². The summed E-state index contributed by atoms with van der Waals surface area (Å²) in [5, 5.41) is 8.52. The smallest absolute Gasteiger partial charge is 0.264 e. The highest BCUT2D eigenvalue weighted by molar-refractivity contribution is 6.04. The van der Waals surface area contributed by atoms with Gasteiger partial charge in [-0.25, -0.2) is 5.10 Å². The molecule has 0 aliphatic carbocycles. The lowest BCUT2D eigenvalue weighted by atomic mass is 10.1. The molecule has 4 N–H and O–H groups in total. The van der Waals surface area contributed by atoms with Crippen LogP contribution in [0.2, 0.25) is 0 Å². The lowest BCUT2D eigenvalue weighted by Crippen LogP contribution is -2.16. The van der Waals surface area contributed by atoms with Gasteiger partial charge < -0.3 is 11.1 Å². The van der Waals surface area contributed by atoms with Gasteiger partial charge in [-0.05, 0) is 36.8 Å². The van der Waals surface area contributed by atoms with Gasteiger partial charge in [-0.15, -0.1) is 0 Å². The van der Waals surface area contributed by atoms with Crippen LogP contribution in [0.4, 0.5) is 11.5 Å². The van der Waals surface area contributed by atoms with Crippen LogP contribution in [0, 0.1) is 6.92 Å². The fraction of sp³-hybridized carbons (Fsp3) is 0.0833. The predicted molar refractivity (Wildman–Crippen MR) is 68.4 cm³/mol. The van der Waals surface area contributed by atoms with Crippen molar-refractivity contribution >= 4 is 17.4 Å². The molecule has 92 valence electrons. The number of hydrogen-bond donors (Lipinski definition) is 3. The molecule has 2 rings (SSSR count). The first-order chi connectivity index (χ1) is 8.56. The van der Waals surface area contributed by atoms with Crippen molar-refractivity contribution in [2.45, 2.75) is 6.92 Å². The van der Waals surface area contributed by atoms with E-state index >= 15 is 0 Å². The number of carbonyl (C=O) groups excluding carboxylic acids is 1. The molecule has 2 aromatic rings. The number of carbonyl (C=O) groups is 1. The monoisotopic (exact) mass is 244 g/mol. The number of H-pyrrole nitrogens is 1. The summed E-state index contributed by atoms with van der Waals surface area (Å²) < 4.78 is 0. The molecule has 1 amide bonds. The highest BCUT2D eigenvalue weighted by atomic mass is 16.2. The third-order valence-electron chi connectivity index (χ3n) is 2.42. The highest BCUT2D eigenvalue weighted by Gasteiger charge is 2.09. The van der Waals surface area contributed by atoms with Crippen LogP contribution in [-0.2, 0) is 0 Å². The maximum absolute atomic E-state index is 11.9. The van der Waals surface area contributed by atoms with Gasteiger partial charge in [-0.2, -0.15) is 5.10 Å². The normalized spacial score (nSPS) is 10.1. The number of anilines is 2. The molecule has 0 aliphatic heterocycles. The third kappa shape index (κ3) is 2.54. The van der Waals surface area contributed by atoms with Crippen molar-refractivity contribution in [1.29, 1.82) is 0 Å². The van der Waals surface area contributed by atoms with Crippen molar-refractivity contribution in [3.63, 3.8) is 0 Å². The van der Waals surface area contributed by atoms with E-state index in [4.69, 9.17) is 5.73 Å². The van der Waals surface area contributed by atoms with Crippen molar-refractivity contribution in [3.05, 3.63) is 51.8 Å². The molecule has 0 unspecified atom stereocenters. The fourth-order valence-corrected chi connectivity index (χ4v) is 1.54. The molecule has 0 aliphatic rings. The summed E-state index contributed by atoms with van der Waals surface area (Å²) in [4.78, 5) is 22.8. The Morgan fingerprint density at radius 1 is 1.33 bits per heavy atom. The van der Waals surface area contributed by atoms with Crippen LogP contribution in [0.15, 0.2) is 35.1 Å². The summed E-state index contributed by atoms with van der Waals surface area (Å²) in [7, 11) is 0. The van der Waals surface area contributed by atoms with E-state index in [-0.39, 0.29) is 17.3 Å². The number of rotatable bonds is 2. The lowest BCUT2D eigenvalue weighted by molar-refractivity contribution is 0.102. The zero-order valence-corrected chi connectivity index (χ0v) is 9.73. The van der Waals surface area contributed by atoms with Crippen molar-refractivity contribution in [2.24, 2.45) is 0 Å². The first-order valence-corrected chi connectivity index (χ1v) is 5.29. The summed E-state index contributed by atoms with van der Waals surface area (Å²) in [6, 6.07) is 7.74. The minimum Gasteiger partial charge on any atom is -0.399 e. The first-order valence-electron chi connectivity index (χ1n) is 5.29. The van der Waals surface area contributed by atoms with E-state index in [0.717, 1.165) is 5.56 Å². The predicted octanol–water partition coefficient (Wildman–Crippen LogP) is 0.913. The summed E-state index contributed by atoms with van der Waals surface area (Å²) in [5.41, 5.74) is 7.18. The number of aromatic nitrogens is 2. The van der Waals surface area contributed by atoms with Crippen molar-refractivity contribution in [2.75, 3.05) is 11.1 Å². The van der Waals surface area contributed by atoms with E-state index in [1.54, 1.807) is 25.1 Å². The quantitative estimate of drug-likeness (QED) is 0.683. The number of nitrogens with two attached hydrogens (primary N) is 1. The number of nitrogens with zero attached hydrogens (tertiary/aromatic N) is 1. The summed E-state index contributed by atoms with van der Waals surface area (Å²) in [6.07, 6.45) is 0. The molecule has 18 heavy (non-hydrogen) atoms.